The van der Waals surface area contributed by atoms with Crippen molar-refractivity contribution in [2.75, 3.05) is 0 Å². The topological polar surface area (TPSA) is 35.5 Å². The zero-order chi connectivity index (χ0) is 10.3. The van der Waals surface area contributed by atoms with Crippen molar-refractivity contribution in [3.8, 4) is 11.5 Å². The van der Waals surface area contributed by atoms with E-state index in [-0.39, 0.29) is 14.1 Å². The maximum Gasteiger partial charge on any atom is 0.264 e. The third-order valence-electron chi connectivity index (χ3n) is 3.05. The molecule has 0 N–H and O–H groups in total. The number of hydrogen-bond acceptors (Lipinski definition) is 3. The summed E-state index contributed by atoms with van der Waals surface area (Å²) >= 11 is 0. The van der Waals surface area contributed by atoms with Crippen molar-refractivity contribution in [2.24, 2.45) is 0 Å². The van der Waals surface area contributed by atoms with Crippen LogP contribution in [-0.2, 0) is 4.57 Å². The van der Waals surface area contributed by atoms with Gasteiger partial charge in [0.25, 0.3) is 5.79 Å². The van der Waals surface area contributed by atoms with Gasteiger partial charge >= 0.3 is 0 Å². The van der Waals surface area contributed by atoms with Gasteiger partial charge in [0.05, 0.1) is 0 Å². The fraction of sp³-hybridized carbons (Fsp3) is 0.455. The predicted octanol–water partition coefficient (Wildman–Crippen LogP) is 3.00. The average molecular weight is 222 g/mol. The van der Waals surface area contributed by atoms with Gasteiger partial charge in [0.1, 0.15) is 5.66 Å². The Hall–Kier alpha value is -1.08. The molecule has 0 saturated heterocycles. The second-order valence-electron chi connectivity index (χ2n) is 3.98. The molecule has 1 aliphatic carbocycles. The number of para-hydroxylation sites is 2. The van der Waals surface area contributed by atoms with E-state index in [4.69, 9.17) is 9.47 Å². The van der Waals surface area contributed by atoms with E-state index in [1.165, 1.54) is 0 Å². The van der Waals surface area contributed by atoms with Crippen molar-refractivity contribution in [3.05, 3.63) is 24.3 Å². The molecule has 1 saturated carbocycles. The van der Waals surface area contributed by atoms with E-state index in [1.807, 2.05) is 24.3 Å². The fourth-order valence-corrected chi connectivity index (χ4v) is 2.99. The zero-order valence-corrected chi connectivity index (χ0v) is 9.07. The Bertz CT molecular complexity index is 380. The molecule has 1 aromatic rings. The molecule has 1 atom stereocenters. The fourth-order valence-electron chi connectivity index (χ4n) is 2.31. The van der Waals surface area contributed by atoms with Crippen LogP contribution in [0.25, 0.3) is 0 Å². The van der Waals surface area contributed by atoms with E-state index in [9.17, 15) is 4.57 Å². The molecule has 0 aromatic heterocycles. The summed E-state index contributed by atoms with van der Waals surface area (Å²) in [6.07, 6.45) is 2.73. The van der Waals surface area contributed by atoms with Crippen LogP contribution >= 0.6 is 8.46 Å². The van der Waals surface area contributed by atoms with E-state index < -0.39 is 5.79 Å². The second kappa shape index (κ2) is 3.21. The highest BCUT2D eigenvalue weighted by molar-refractivity contribution is 7.24. The van der Waals surface area contributed by atoms with Crippen molar-refractivity contribution in [2.45, 2.75) is 30.7 Å². The van der Waals surface area contributed by atoms with Crippen molar-refractivity contribution < 1.29 is 14.0 Å². The first-order chi connectivity index (χ1) is 7.34. The van der Waals surface area contributed by atoms with Crippen molar-refractivity contribution in [1.29, 1.82) is 0 Å². The molecule has 1 spiro atoms. The van der Waals surface area contributed by atoms with Gasteiger partial charge in [0.2, 0.25) is 0 Å². The maximum absolute atomic E-state index is 11.1. The van der Waals surface area contributed by atoms with Gasteiger partial charge in [-0.05, 0) is 25.0 Å². The molecule has 0 bridgehead atoms. The molecule has 3 nitrogen and oxygen atoms in total. The Kier molecular flexibility index (Phi) is 1.96. The Labute approximate surface area is 89.6 Å². The van der Waals surface area contributed by atoms with Crippen molar-refractivity contribution in [3.63, 3.8) is 0 Å². The lowest BCUT2D eigenvalue weighted by molar-refractivity contribution is -0.0678. The molecular formula is C11H11O3P. The summed E-state index contributed by atoms with van der Waals surface area (Å²) in [6.45, 7) is 0. The zero-order valence-electron chi connectivity index (χ0n) is 8.18. The molecule has 78 valence electrons. The molecule has 0 amide bonds. The summed E-state index contributed by atoms with van der Waals surface area (Å²) in [5.74, 6) is 0.883. The molecule has 1 aromatic carbocycles. The lowest BCUT2D eigenvalue weighted by atomic mass is 10.2. The van der Waals surface area contributed by atoms with Crippen LogP contribution in [0.3, 0.4) is 0 Å². The van der Waals surface area contributed by atoms with Crippen LogP contribution in [0.5, 0.6) is 11.5 Å². The van der Waals surface area contributed by atoms with E-state index in [1.54, 1.807) is 0 Å². The van der Waals surface area contributed by atoms with E-state index in [2.05, 4.69) is 0 Å². The first-order valence-electron chi connectivity index (χ1n) is 5.14. The van der Waals surface area contributed by atoms with Crippen LogP contribution in [0, 0.1) is 0 Å². The van der Waals surface area contributed by atoms with Crippen LogP contribution < -0.4 is 9.47 Å². The summed E-state index contributed by atoms with van der Waals surface area (Å²) in [6, 6.07) is 7.61. The van der Waals surface area contributed by atoms with Crippen LogP contribution in [0.1, 0.15) is 19.3 Å². The largest absolute Gasteiger partial charge is 0.447 e. The standard InChI is InChI=1S/C11H11O3P/c12-15-10-6-3-7-11(10)13-8-4-1-2-5-9(8)14-11/h1-2,4-5,10H,3,6-7H2. The van der Waals surface area contributed by atoms with E-state index >= 15 is 0 Å². The van der Waals surface area contributed by atoms with Gasteiger partial charge < -0.3 is 9.47 Å². The minimum Gasteiger partial charge on any atom is -0.447 e. The molecule has 1 unspecified atom stereocenters. The molecule has 15 heavy (non-hydrogen) atoms. The highest BCUT2D eigenvalue weighted by Crippen LogP contribution is 2.49. The van der Waals surface area contributed by atoms with Crippen molar-refractivity contribution in [1.82, 2.24) is 0 Å². The van der Waals surface area contributed by atoms with Gasteiger partial charge in [-0.2, -0.15) is 0 Å². The molecule has 1 aliphatic heterocycles. The highest BCUT2D eigenvalue weighted by atomic mass is 31.1. The summed E-state index contributed by atoms with van der Waals surface area (Å²) in [7, 11) is 0.122. The monoisotopic (exact) mass is 222 g/mol. The quantitative estimate of drug-likeness (QED) is 0.685. The summed E-state index contributed by atoms with van der Waals surface area (Å²) < 4.78 is 22.7. The maximum atomic E-state index is 11.1. The number of fused-ring (bicyclic) bond motifs is 1. The third kappa shape index (κ3) is 1.26. The minimum absolute atomic E-state index is 0.0371. The van der Waals surface area contributed by atoms with Gasteiger partial charge in [-0.15, -0.1) is 0 Å². The average Bonchev–Trinajstić information content (AvgIpc) is 2.81. The Morgan fingerprint density at radius 3 is 2.53 bits per heavy atom. The van der Waals surface area contributed by atoms with Crippen LogP contribution in [-0.4, -0.2) is 11.4 Å². The van der Waals surface area contributed by atoms with Crippen molar-refractivity contribution >= 4 is 8.46 Å². The normalized spacial score (nSPS) is 26.3. The first kappa shape index (κ1) is 9.17. The molecule has 3 rings (SSSR count). The van der Waals surface area contributed by atoms with Gasteiger partial charge in [-0.25, -0.2) is 0 Å². The van der Waals surface area contributed by atoms with Crippen LogP contribution in [0.2, 0.25) is 0 Å². The smallest absolute Gasteiger partial charge is 0.264 e. The number of rotatable bonds is 1. The van der Waals surface area contributed by atoms with Gasteiger partial charge in [0.15, 0.2) is 20.0 Å². The molecule has 0 radical (unpaired) electrons. The number of hydrogen-bond donors (Lipinski definition) is 0. The van der Waals surface area contributed by atoms with Gasteiger partial charge in [0, 0.05) is 6.42 Å². The first-order valence-corrected chi connectivity index (χ1v) is 6.02. The molecule has 1 heterocycles. The summed E-state index contributed by atoms with van der Waals surface area (Å²) in [5.41, 5.74) is -0.0371. The van der Waals surface area contributed by atoms with Gasteiger partial charge in [-0.1, -0.05) is 12.1 Å². The van der Waals surface area contributed by atoms with Crippen LogP contribution in [0.15, 0.2) is 24.3 Å². The molecule has 4 heteroatoms. The number of benzene rings is 1. The third-order valence-corrected chi connectivity index (χ3v) is 3.96. The minimum atomic E-state index is -0.660. The number of ether oxygens (including phenoxy) is 2. The predicted molar refractivity (Wildman–Crippen MR) is 55.7 cm³/mol. The molecule has 1 fully saturated rings. The Balaban J connectivity index is 1.97. The summed E-state index contributed by atoms with van der Waals surface area (Å²) in [5, 5.41) is 0. The lowest BCUT2D eigenvalue weighted by Crippen LogP contribution is -2.43. The van der Waals surface area contributed by atoms with Gasteiger partial charge in [-0.3, -0.25) is 4.57 Å². The second-order valence-corrected chi connectivity index (χ2v) is 4.81. The summed E-state index contributed by atoms with van der Waals surface area (Å²) in [4.78, 5) is 0. The molecule has 2 aliphatic rings. The van der Waals surface area contributed by atoms with Crippen LogP contribution in [0.4, 0.5) is 0 Å². The SMILES string of the molecule is O=PC1CCCC12Oc1ccccc1O2. The Morgan fingerprint density at radius 2 is 1.93 bits per heavy atom. The molecular weight excluding hydrogens is 211 g/mol. The Morgan fingerprint density at radius 1 is 1.27 bits per heavy atom. The van der Waals surface area contributed by atoms with E-state index in [0.717, 1.165) is 30.8 Å². The van der Waals surface area contributed by atoms with E-state index in [0.29, 0.717) is 0 Å². The highest BCUT2D eigenvalue weighted by Gasteiger charge is 2.52. The lowest BCUT2D eigenvalue weighted by Gasteiger charge is -2.25.